The van der Waals surface area contributed by atoms with E-state index in [-0.39, 0.29) is 0 Å². The molecular weight excluding hydrogens is 228 g/mol. The van der Waals surface area contributed by atoms with Gasteiger partial charge in [-0.05, 0) is 24.3 Å². The summed E-state index contributed by atoms with van der Waals surface area (Å²) in [7, 11) is 1.61. The van der Waals surface area contributed by atoms with Crippen molar-refractivity contribution in [1.82, 2.24) is 15.0 Å². The van der Waals surface area contributed by atoms with Crippen molar-refractivity contribution in [2.24, 2.45) is 0 Å². The van der Waals surface area contributed by atoms with Crippen molar-refractivity contribution < 1.29 is 4.74 Å². The molecule has 0 spiro atoms. The van der Waals surface area contributed by atoms with Crippen LogP contribution in [0.2, 0.25) is 0 Å². The molecule has 3 N–H and O–H groups in total. The molecule has 0 radical (unpaired) electrons. The second-order valence-electron chi connectivity index (χ2n) is 3.92. The standard InChI is InChI=1S/C13H12N4O/c1-18-11-7-8(14)4-5-9(11)12-16-10-3-2-6-15-13(10)17-12/h2-7H,14H2,1H3,(H,15,16,17). The summed E-state index contributed by atoms with van der Waals surface area (Å²) in [6.45, 7) is 0. The highest BCUT2D eigenvalue weighted by Gasteiger charge is 2.11. The average Bonchev–Trinajstić information content (AvgIpc) is 2.82. The van der Waals surface area contributed by atoms with Crippen LogP contribution in [0.3, 0.4) is 0 Å². The van der Waals surface area contributed by atoms with Gasteiger partial charge in [0.05, 0.1) is 18.2 Å². The molecule has 1 aromatic carbocycles. The Labute approximate surface area is 104 Å². The van der Waals surface area contributed by atoms with Crippen LogP contribution in [-0.2, 0) is 0 Å². The minimum Gasteiger partial charge on any atom is -0.496 e. The Morgan fingerprint density at radius 1 is 1.28 bits per heavy atom. The minimum atomic E-state index is 0.657. The summed E-state index contributed by atoms with van der Waals surface area (Å²) in [5.74, 6) is 1.41. The summed E-state index contributed by atoms with van der Waals surface area (Å²) in [5, 5.41) is 0. The number of H-pyrrole nitrogens is 1. The SMILES string of the molecule is COc1cc(N)ccc1-c1nc2ncccc2[nH]1. The molecule has 0 atom stereocenters. The van der Waals surface area contributed by atoms with E-state index in [1.54, 1.807) is 19.4 Å². The molecule has 0 saturated heterocycles. The first-order valence-electron chi connectivity index (χ1n) is 5.52. The van der Waals surface area contributed by atoms with Crippen LogP contribution < -0.4 is 10.5 Å². The van der Waals surface area contributed by atoms with Crippen molar-refractivity contribution in [3.8, 4) is 17.1 Å². The Hall–Kier alpha value is -2.56. The molecule has 0 fully saturated rings. The summed E-state index contributed by atoms with van der Waals surface area (Å²) in [4.78, 5) is 11.8. The van der Waals surface area contributed by atoms with Crippen molar-refractivity contribution in [3.05, 3.63) is 36.5 Å². The highest BCUT2D eigenvalue weighted by molar-refractivity contribution is 5.78. The van der Waals surface area contributed by atoms with Gasteiger partial charge in [0.15, 0.2) is 5.65 Å². The second-order valence-corrected chi connectivity index (χ2v) is 3.92. The molecule has 2 heterocycles. The molecule has 0 aliphatic rings. The third-order valence-electron chi connectivity index (χ3n) is 2.74. The average molecular weight is 240 g/mol. The number of pyridine rings is 1. The molecule has 0 aliphatic heterocycles. The maximum Gasteiger partial charge on any atom is 0.178 e. The van der Waals surface area contributed by atoms with E-state index < -0.39 is 0 Å². The van der Waals surface area contributed by atoms with E-state index in [1.807, 2.05) is 24.3 Å². The van der Waals surface area contributed by atoms with E-state index in [4.69, 9.17) is 10.5 Å². The molecule has 5 heteroatoms. The second kappa shape index (κ2) is 4.03. The van der Waals surface area contributed by atoms with Crippen LogP contribution in [0.15, 0.2) is 36.5 Å². The lowest BCUT2D eigenvalue weighted by Crippen LogP contribution is -1.92. The topological polar surface area (TPSA) is 76.8 Å². The third kappa shape index (κ3) is 1.66. The molecule has 5 nitrogen and oxygen atoms in total. The van der Waals surface area contributed by atoms with Crippen LogP contribution in [0.25, 0.3) is 22.6 Å². The van der Waals surface area contributed by atoms with Crippen molar-refractivity contribution in [2.75, 3.05) is 12.8 Å². The normalized spacial score (nSPS) is 10.7. The number of aromatic amines is 1. The first kappa shape index (κ1) is 10.6. The summed E-state index contributed by atoms with van der Waals surface area (Å²) in [5.41, 5.74) is 8.84. The molecule has 2 aromatic heterocycles. The number of ether oxygens (including phenoxy) is 1. The number of nitrogens with zero attached hydrogens (tertiary/aromatic N) is 2. The zero-order chi connectivity index (χ0) is 12.5. The number of aromatic nitrogens is 3. The highest BCUT2D eigenvalue weighted by Crippen LogP contribution is 2.30. The number of imidazole rings is 1. The lowest BCUT2D eigenvalue weighted by Gasteiger charge is -2.06. The number of nitrogen functional groups attached to an aromatic ring is 1. The quantitative estimate of drug-likeness (QED) is 0.673. The van der Waals surface area contributed by atoms with Gasteiger partial charge in [0.1, 0.15) is 11.6 Å². The predicted molar refractivity (Wildman–Crippen MR) is 70.3 cm³/mol. The van der Waals surface area contributed by atoms with Crippen molar-refractivity contribution in [1.29, 1.82) is 0 Å². The van der Waals surface area contributed by atoms with Gasteiger partial charge in [0, 0.05) is 18.0 Å². The number of nitrogens with two attached hydrogens (primary N) is 1. The number of methoxy groups -OCH3 is 1. The van der Waals surface area contributed by atoms with Gasteiger partial charge in [-0.3, -0.25) is 0 Å². The number of hydrogen-bond acceptors (Lipinski definition) is 4. The molecule has 0 amide bonds. The first-order valence-corrected chi connectivity index (χ1v) is 5.52. The van der Waals surface area contributed by atoms with Gasteiger partial charge in [-0.1, -0.05) is 0 Å². The number of rotatable bonds is 2. The third-order valence-corrected chi connectivity index (χ3v) is 2.74. The molecule has 0 aliphatic carbocycles. The van der Waals surface area contributed by atoms with Gasteiger partial charge in [0.2, 0.25) is 0 Å². The Kier molecular flexibility index (Phi) is 2.37. The zero-order valence-corrected chi connectivity index (χ0v) is 9.84. The molecule has 3 aromatic rings. The van der Waals surface area contributed by atoms with Crippen LogP contribution in [0.1, 0.15) is 0 Å². The Morgan fingerprint density at radius 3 is 2.94 bits per heavy atom. The van der Waals surface area contributed by atoms with Crippen LogP contribution in [-0.4, -0.2) is 22.1 Å². The van der Waals surface area contributed by atoms with E-state index in [9.17, 15) is 0 Å². The van der Waals surface area contributed by atoms with Crippen molar-refractivity contribution >= 4 is 16.9 Å². The first-order chi connectivity index (χ1) is 8.78. The minimum absolute atomic E-state index is 0.657. The fourth-order valence-electron chi connectivity index (χ4n) is 1.88. The van der Waals surface area contributed by atoms with Gasteiger partial charge in [0.25, 0.3) is 0 Å². The molecule has 90 valence electrons. The van der Waals surface area contributed by atoms with E-state index in [1.165, 1.54) is 0 Å². The molecule has 0 bridgehead atoms. The van der Waals surface area contributed by atoms with Crippen LogP contribution >= 0.6 is 0 Å². The predicted octanol–water partition coefficient (Wildman–Crippen LogP) is 2.22. The number of hydrogen-bond donors (Lipinski definition) is 2. The lowest BCUT2D eigenvalue weighted by molar-refractivity contribution is 0.416. The van der Waals surface area contributed by atoms with E-state index in [0.29, 0.717) is 17.1 Å². The Morgan fingerprint density at radius 2 is 2.17 bits per heavy atom. The summed E-state index contributed by atoms with van der Waals surface area (Å²) in [6.07, 6.45) is 1.72. The number of anilines is 1. The summed E-state index contributed by atoms with van der Waals surface area (Å²) >= 11 is 0. The number of benzene rings is 1. The lowest BCUT2D eigenvalue weighted by atomic mass is 10.1. The van der Waals surface area contributed by atoms with Gasteiger partial charge in [-0.25, -0.2) is 9.97 Å². The van der Waals surface area contributed by atoms with Crippen LogP contribution in [0, 0.1) is 0 Å². The summed E-state index contributed by atoms with van der Waals surface area (Å²) in [6, 6.07) is 9.27. The van der Waals surface area contributed by atoms with Gasteiger partial charge >= 0.3 is 0 Å². The zero-order valence-electron chi connectivity index (χ0n) is 9.84. The molecule has 18 heavy (non-hydrogen) atoms. The largest absolute Gasteiger partial charge is 0.496 e. The molecule has 0 saturated carbocycles. The van der Waals surface area contributed by atoms with Gasteiger partial charge in [-0.15, -0.1) is 0 Å². The van der Waals surface area contributed by atoms with Crippen molar-refractivity contribution in [2.45, 2.75) is 0 Å². The van der Waals surface area contributed by atoms with Gasteiger partial charge in [-0.2, -0.15) is 0 Å². The highest BCUT2D eigenvalue weighted by atomic mass is 16.5. The molecule has 0 unspecified atom stereocenters. The van der Waals surface area contributed by atoms with Crippen molar-refractivity contribution in [3.63, 3.8) is 0 Å². The van der Waals surface area contributed by atoms with E-state index >= 15 is 0 Å². The van der Waals surface area contributed by atoms with Crippen LogP contribution in [0.5, 0.6) is 5.75 Å². The fraction of sp³-hybridized carbons (Fsp3) is 0.0769. The smallest absolute Gasteiger partial charge is 0.178 e. The molecular formula is C13H12N4O. The number of fused-ring (bicyclic) bond motifs is 1. The fourth-order valence-corrected chi connectivity index (χ4v) is 1.88. The number of nitrogens with one attached hydrogen (secondary N) is 1. The Bertz CT molecular complexity index is 672. The maximum absolute atomic E-state index is 5.73. The molecule has 3 rings (SSSR count). The van der Waals surface area contributed by atoms with E-state index in [2.05, 4.69) is 15.0 Å². The summed E-state index contributed by atoms with van der Waals surface area (Å²) < 4.78 is 5.32. The monoisotopic (exact) mass is 240 g/mol. The Balaban J connectivity index is 2.19. The van der Waals surface area contributed by atoms with Crippen LogP contribution in [0.4, 0.5) is 5.69 Å². The maximum atomic E-state index is 5.73. The van der Waals surface area contributed by atoms with Gasteiger partial charge < -0.3 is 15.5 Å². The van der Waals surface area contributed by atoms with E-state index in [0.717, 1.165) is 16.9 Å².